The van der Waals surface area contributed by atoms with Gasteiger partial charge in [-0.05, 0) is 18.5 Å². The maximum absolute atomic E-state index is 11.7. The minimum atomic E-state index is -0.913. The fraction of sp³-hybridized carbons (Fsp3) is 0.429. The Balaban J connectivity index is 2.37. The van der Waals surface area contributed by atoms with Crippen LogP contribution in [-0.2, 0) is 16.1 Å². The van der Waals surface area contributed by atoms with Gasteiger partial charge in [-0.15, -0.1) is 0 Å². The summed E-state index contributed by atoms with van der Waals surface area (Å²) in [6, 6.07) is 9.61. The monoisotopic (exact) mass is 264 g/mol. The SMILES string of the molecule is CCCN(CC(=O)O)CC(=O)NCc1ccccc1. The Kier molecular flexibility index (Phi) is 6.60. The Morgan fingerprint density at radius 3 is 2.47 bits per heavy atom. The van der Waals surface area contributed by atoms with E-state index in [1.807, 2.05) is 37.3 Å². The molecule has 0 heterocycles. The minimum Gasteiger partial charge on any atom is -0.480 e. The molecule has 0 bridgehead atoms. The lowest BCUT2D eigenvalue weighted by molar-refractivity contribution is -0.138. The number of benzene rings is 1. The first-order chi connectivity index (χ1) is 9.11. The highest BCUT2D eigenvalue weighted by Crippen LogP contribution is 1.97. The zero-order valence-corrected chi connectivity index (χ0v) is 11.1. The molecule has 0 aromatic heterocycles. The molecule has 0 radical (unpaired) electrons. The zero-order valence-electron chi connectivity index (χ0n) is 11.1. The van der Waals surface area contributed by atoms with E-state index in [2.05, 4.69) is 5.32 Å². The minimum absolute atomic E-state index is 0.105. The summed E-state index contributed by atoms with van der Waals surface area (Å²) in [6.45, 7) is 3.04. The maximum atomic E-state index is 11.7. The van der Waals surface area contributed by atoms with Crippen molar-refractivity contribution in [1.29, 1.82) is 0 Å². The molecule has 0 aliphatic rings. The predicted octanol–water partition coefficient (Wildman–Crippen LogP) is 1.10. The van der Waals surface area contributed by atoms with Crippen molar-refractivity contribution in [2.24, 2.45) is 0 Å². The zero-order chi connectivity index (χ0) is 14.1. The van der Waals surface area contributed by atoms with Crippen LogP contribution in [-0.4, -0.2) is 41.5 Å². The van der Waals surface area contributed by atoms with Gasteiger partial charge in [-0.25, -0.2) is 0 Å². The molecule has 104 valence electrons. The summed E-state index contributed by atoms with van der Waals surface area (Å²) >= 11 is 0. The van der Waals surface area contributed by atoms with Crippen molar-refractivity contribution >= 4 is 11.9 Å². The molecule has 19 heavy (non-hydrogen) atoms. The summed E-state index contributed by atoms with van der Waals surface area (Å²) in [4.78, 5) is 24.0. The van der Waals surface area contributed by atoms with E-state index in [-0.39, 0.29) is 19.0 Å². The fourth-order valence-electron chi connectivity index (χ4n) is 1.78. The molecule has 0 saturated heterocycles. The quantitative estimate of drug-likeness (QED) is 0.737. The molecule has 2 N–H and O–H groups in total. The van der Waals surface area contributed by atoms with Gasteiger partial charge >= 0.3 is 5.97 Å². The average molecular weight is 264 g/mol. The first-order valence-electron chi connectivity index (χ1n) is 6.36. The Bertz CT molecular complexity index is 406. The van der Waals surface area contributed by atoms with Gasteiger partial charge in [0.2, 0.25) is 5.91 Å². The van der Waals surface area contributed by atoms with E-state index in [0.29, 0.717) is 13.1 Å². The van der Waals surface area contributed by atoms with Crippen LogP contribution in [0.25, 0.3) is 0 Å². The van der Waals surface area contributed by atoms with E-state index in [1.54, 1.807) is 4.90 Å². The summed E-state index contributed by atoms with van der Waals surface area (Å²) in [5, 5.41) is 11.5. The van der Waals surface area contributed by atoms with E-state index >= 15 is 0 Å². The van der Waals surface area contributed by atoms with Crippen molar-refractivity contribution < 1.29 is 14.7 Å². The molecule has 1 rings (SSSR count). The molecule has 0 unspecified atom stereocenters. The molecule has 5 heteroatoms. The third-order valence-corrected chi connectivity index (χ3v) is 2.60. The van der Waals surface area contributed by atoms with Crippen molar-refractivity contribution in [3.63, 3.8) is 0 Å². The van der Waals surface area contributed by atoms with E-state index in [0.717, 1.165) is 12.0 Å². The first-order valence-corrected chi connectivity index (χ1v) is 6.36. The van der Waals surface area contributed by atoms with Gasteiger partial charge in [0.1, 0.15) is 0 Å². The number of hydrogen-bond acceptors (Lipinski definition) is 3. The van der Waals surface area contributed by atoms with Gasteiger partial charge in [0, 0.05) is 6.54 Å². The Hall–Kier alpha value is -1.88. The van der Waals surface area contributed by atoms with Crippen LogP contribution in [0.4, 0.5) is 0 Å². The molecule has 0 spiro atoms. The summed E-state index contributed by atoms with van der Waals surface area (Å²) in [7, 11) is 0. The number of nitrogens with zero attached hydrogens (tertiary/aromatic N) is 1. The first kappa shape index (κ1) is 15.2. The molecule has 1 amide bonds. The third kappa shape index (κ3) is 6.57. The highest BCUT2D eigenvalue weighted by molar-refractivity contribution is 5.79. The van der Waals surface area contributed by atoms with E-state index in [9.17, 15) is 9.59 Å². The largest absolute Gasteiger partial charge is 0.480 e. The number of carbonyl (C=O) groups is 2. The van der Waals surface area contributed by atoms with E-state index < -0.39 is 5.97 Å². The molecule has 5 nitrogen and oxygen atoms in total. The topological polar surface area (TPSA) is 69.6 Å². The lowest BCUT2D eigenvalue weighted by atomic mass is 10.2. The van der Waals surface area contributed by atoms with Gasteiger partial charge in [-0.1, -0.05) is 37.3 Å². The van der Waals surface area contributed by atoms with Crippen molar-refractivity contribution in [2.75, 3.05) is 19.6 Å². The molecule has 0 aliphatic heterocycles. The number of rotatable bonds is 8. The lowest BCUT2D eigenvalue weighted by Crippen LogP contribution is -2.39. The second kappa shape index (κ2) is 8.26. The predicted molar refractivity (Wildman–Crippen MR) is 72.7 cm³/mol. The Morgan fingerprint density at radius 2 is 1.89 bits per heavy atom. The molecule has 0 saturated carbocycles. The van der Waals surface area contributed by atoms with Crippen LogP contribution < -0.4 is 5.32 Å². The lowest BCUT2D eigenvalue weighted by Gasteiger charge is -2.18. The van der Waals surface area contributed by atoms with Crippen LogP contribution in [0.1, 0.15) is 18.9 Å². The molecule has 0 aliphatic carbocycles. The van der Waals surface area contributed by atoms with Gasteiger partial charge in [0.05, 0.1) is 13.1 Å². The number of nitrogens with one attached hydrogen (secondary N) is 1. The fourth-order valence-corrected chi connectivity index (χ4v) is 1.78. The second-order valence-electron chi connectivity index (χ2n) is 4.37. The molecular formula is C14H20N2O3. The Morgan fingerprint density at radius 1 is 1.21 bits per heavy atom. The summed E-state index contributed by atoms with van der Waals surface area (Å²) in [5.41, 5.74) is 1.02. The summed E-state index contributed by atoms with van der Waals surface area (Å²) in [5.74, 6) is -1.07. The molecule has 0 atom stereocenters. The normalized spacial score (nSPS) is 10.4. The highest BCUT2D eigenvalue weighted by Gasteiger charge is 2.12. The maximum Gasteiger partial charge on any atom is 0.317 e. The highest BCUT2D eigenvalue weighted by atomic mass is 16.4. The van der Waals surface area contributed by atoms with Gasteiger partial charge in [-0.3, -0.25) is 14.5 Å². The third-order valence-electron chi connectivity index (χ3n) is 2.60. The number of carbonyl (C=O) groups excluding carboxylic acids is 1. The number of carboxylic acid groups (broad SMARTS) is 1. The van der Waals surface area contributed by atoms with Crippen LogP contribution >= 0.6 is 0 Å². The number of carboxylic acids is 1. The van der Waals surface area contributed by atoms with Crippen molar-refractivity contribution in [3.8, 4) is 0 Å². The van der Waals surface area contributed by atoms with Gasteiger partial charge in [-0.2, -0.15) is 0 Å². The second-order valence-corrected chi connectivity index (χ2v) is 4.37. The van der Waals surface area contributed by atoms with Crippen molar-refractivity contribution in [1.82, 2.24) is 10.2 Å². The van der Waals surface area contributed by atoms with Crippen molar-refractivity contribution in [2.45, 2.75) is 19.9 Å². The van der Waals surface area contributed by atoms with Gasteiger partial charge < -0.3 is 10.4 Å². The van der Waals surface area contributed by atoms with Crippen molar-refractivity contribution in [3.05, 3.63) is 35.9 Å². The van der Waals surface area contributed by atoms with E-state index in [4.69, 9.17) is 5.11 Å². The van der Waals surface area contributed by atoms with Crippen LogP contribution in [0.3, 0.4) is 0 Å². The number of amides is 1. The van der Waals surface area contributed by atoms with Crippen LogP contribution in [0.15, 0.2) is 30.3 Å². The molecular weight excluding hydrogens is 244 g/mol. The summed E-state index contributed by atoms with van der Waals surface area (Å²) in [6.07, 6.45) is 0.819. The van der Waals surface area contributed by atoms with Gasteiger partial charge in [0.25, 0.3) is 0 Å². The number of hydrogen-bond donors (Lipinski definition) is 2. The van der Waals surface area contributed by atoms with Crippen LogP contribution in [0, 0.1) is 0 Å². The molecule has 1 aromatic rings. The van der Waals surface area contributed by atoms with Gasteiger partial charge in [0.15, 0.2) is 0 Å². The smallest absolute Gasteiger partial charge is 0.317 e. The molecule has 0 fully saturated rings. The standard InChI is InChI=1S/C14H20N2O3/c1-2-8-16(11-14(18)19)10-13(17)15-9-12-6-4-3-5-7-12/h3-7H,2,8-11H2,1H3,(H,15,17)(H,18,19). The average Bonchev–Trinajstić information content (AvgIpc) is 2.37. The Labute approximate surface area is 113 Å². The van der Waals surface area contributed by atoms with E-state index in [1.165, 1.54) is 0 Å². The summed E-state index contributed by atoms with van der Waals surface area (Å²) < 4.78 is 0. The van der Waals surface area contributed by atoms with Crippen LogP contribution in [0.2, 0.25) is 0 Å². The number of aliphatic carboxylic acids is 1. The van der Waals surface area contributed by atoms with Crippen LogP contribution in [0.5, 0.6) is 0 Å². The molecule has 1 aromatic carbocycles.